The van der Waals surface area contributed by atoms with Crippen LogP contribution in [-0.2, 0) is 9.53 Å². The molecule has 1 N–H and O–H groups in total. The Morgan fingerprint density at radius 1 is 1.46 bits per heavy atom. The quantitative estimate of drug-likeness (QED) is 0.621. The van der Waals surface area contributed by atoms with Crippen molar-refractivity contribution in [1.82, 2.24) is 10.2 Å². The fraction of sp³-hybridized carbons (Fsp3) is 0.889. The van der Waals surface area contributed by atoms with E-state index >= 15 is 0 Å². The second kappa shape index (κ2) is 3.64. The first-order valence-corrected chi connectivity index (χ1v) is 4.95. The third kappa shape index (κ3) is 1.84. The number of rotatable bonds is 1. The minimum Gasteiger partial charge on any atom is -0.350 e. The zero-order valence-corrected chi connectivity index (χ0v) is 7.95. The summed E-state index contributed by atoms with van der Waals surface area (Å²) >= 11 is 0. The highest BCUT2D eigenvalue weighted by atomic mass is 16.5. The van der Waals surface area contributed by atoms with Gasteiger partial charge in [-0.1, -0.05) is 0 Å². The average molecular weight is 184 g/mol. The number of hydrogen-bond donors (Lipinski definition) is 1. The van der Waals surface area contributed by atoms with Gasteiger partial charge in [0.1, 0.15) is 0 Å². The molecule has 0 spiro atoms. The van der Waals surface area contributed by atoms with Crippen molar-refractivity contribution in [2.75, 3.05) is 19.6 Å². The van der Waals surface area contributed by atoms with E-state index in [9.17, 15) is 4.79 Å². The molecular weight excluding hydrogens is 168 g/mol. The molecule has 2 rings (SSSR count). The second-order valence-electron chi connectivity index (χ2n) is 3.77. The van der Waals surface area contributed by atoms with Crippen LogP contribution in [0.4, 0.5) is 0 Å². The maximum atomic E-state index is 11.7. The molecule has 4 nitrogen and oxygen atoms in total. The summed E-state index contributed by atoms with van der Waals surface area (Å²) in [4.78, 5) is 13.6. The summed E-state index contributed by atoms with van der Waals surface area (Å²) in [5.41, 5.74) is 0. The highest BCUT2D eigenvalue weighted by Crippen LogP contribution is 2.12. The Hall–Kier alpha value is -0.610. The van der Waals surface area contributed by atoms with Crippen LogP contribution in [-0.4, -0.2) is 42.8 Å². The summed E-state index contributed by atoms with van der Waals surface area (Å²) in [6.07, 6.45) is 2.05. The van der Waals surface area contributed by atoms with Gasteiger partial charge in [0.05, 0.1) is 6.10 Å². The molecule has 0 aromatic carbocycles. The summed E-state index contributed by atoms with van der Waals surface area (Å²) in [5.74, 6) is 0.113. The van der Waals surface area contributed by atoms with Gasteiger partial charge in [0.2, 0.25) is 0 Å². The summed E-state index contributed by atoms with van der Waals surface area (Å²) in [6, 6.07) is 0. The Bertz CT molecular complexity index is 202. The third-order valence-electron chi connectivity index (χ3n) is 2.60. The van der Waals surface area contributed by atoms with E-state index in [1.54, 1.807) is 0 Å². The molecule has 0 bridgehead atoms. The van der Waals surface area contributed by atoms with Gasteiger partial charge in [0.25, 0.3) is 5.91 Å². The highest BCUT2D eigenvalue weighted by molar-refractivity contribution is 5.81. The largest absolute Gasteiger partial charge is 0.350 e. The van der Waals surface area contributed by atoms with Crippen molar-refractivity contribution in [3.05, 3.63) is 0 Å². The molecule has 0 aromatic heterocycles. The molecule has 0 aliphatic carbocycles. The van der Waals surface area contributed by atoms with Crippen LogP contribution in [0.2, 0.25) is 0 Å². The Morgan fingerprint density at radius 2 is 2.15 bits per heavy atom. The molecule has 0 unspecified atom stereocenters. The van der Waals surface area contributed by atoms with E-state index in [1.807, 2.05) is 11.8 Å². The third-order valence-corrected chi connectivity index (χ3v) is 2.60. The molecule has 2 aliphatic heterocycles. The van der Waals surface area contributed by atoms with Gasteiger partial charge in [-0.3, -0.25) is 10.1 Å². The first kappa shape index (κ1) is 8.97. The molecular formula is C9H16N2O2. The Morgan fingerprint density at radius 3 is 2.69 bits per heavy atom. The van der Waals surface area contributed by atoms with Gasteiger partial charge in [-0.15, -0.1) is 0 Å². The zero-order chi connectivity index (χ0) is 9.26. The van der Waals surface area contributed by atoms with E-state index in [-0.39, 0.29) is 18.2 Å². The zero-order valence-electron chi connectivity index (χ0n) is 7.95. The van der Waals surface area contributed by atoms with E-state index in [1.165, 1.54) is 0 Å². The Kier molecular flexibility index (Phi) is 2.51. The number of carbonyl (C=O) groups is 1. The van der Waals surface area contributed by atoms with Gasteiger partial charge in [-0.2, -0.15) is 0 Å². The topological polar surface area (TPSA) is 41.6 Å². The molecule has 0 aromatic rings. The molecule has 13 heavy (non-hydrogen) atoms. The Balaban J connectivity index is 1.89. The van der Waals surface area contributed by atoms with Crippen molar-refractivity contribution in [2.24, 2.45) is 0 Å². The number of nitrogens with zero attached hydrogens (tertiary/aromatic N) is 1. The minimum absolute atomic E-state index is 0.113. The maximum absolute atomic E-state index is 11.7. The summed E-state index contributed by atoms with van der Waals surface area (Å²) in [7, 11) is 0. The van der Waals surface area contributed by atoms with Crippen molar-refractivity contribution < 1.29 is 9.53 Å². The van der Waals surface area contributed by atoms with E-state index in [0.29, 0.717) is 0 Å². The second-order valence-corrected chi connectivity index (χ2v) is 3.77. The molecule has 4 heteroatoms. The minimum atomic E-state index is -0.381. The molecule has 0 saturated carbocycles. The molecule has 2 heterocycles. The van der Waals surface area contributed by atoms with Crippen molar-refractivity contribution in [3.63, 3.8) is 0 Å². The number of carbonyl (C=O) groups excluding carboxylic acids is 1. The summed E-state index contributed by atoms with van der Waals surface area (Å²) < 4.78 is 5.43. The normalized spacial score (nSPS) is 34.1. The molecule has 2 saturated heterocycles. The molecule has 2 fully saturated rings. The van der Waals surface area contributed by atoms with Gasteiger partial charge in [-0.25, -0.2) is 0 Å². The van der Waals surface area contributed by atoms with Crippen molar-refractivity contribution >= 4 is 5.91 Å². The van der Waals surface area contributed by atoms with Crippen LogP contribution in [0.3, 0.4) is 0 Å². The van der Waals surface area contributed by atoms with E-state index in [4.69, 9.17) is 4.74 Å². The SMILES string of the molecule is C[C@@H]1CN[C@H](C(=O)N2CCCC2)O1. The van der Waals surface area contributed by atoms with Crippen LogP contribution in [0.15, 0.2) is 0 Å². The monoisotopic (exact) mass is 184 g/mol. The number of ether oxygens (including phenoxy) is 1. The fourth-order valence-corrected chi connectivity index (χ4v) is 1.85. The van der Waals surface area contributed by atoms with Crippen molar-refractivity contribution in [1.29, 1.82) is 0 Å². The Labute approximate surface area is 78.2 Å². The predicted octanol–water partition coefficient (Wildman–Crippen LogP) is -0.0568. The van der Waals surface area contributed by atoms with Gasteiger partial charge < -0.3 is 9.64 Å². The van der Waals surface area contributed by atoms with Crippen LogP contribution < -0.4 is 5.32 Å². The lowest BCUT2D eigenvalue weighted by molar-refractivity contribution is -0.142. The molecule has 1 amide bonds. The molecule has 2 atom stereocenters. The standard InChI is InChI=1S/C9H16N2O2/c1-7-6-10-8(13-7)9(12)11-4-2-3-5-11/h7-8,10H,2-6H2,1H3/t7-,8+/m1/s1. The van der Waals surface area contributed by atoms with E-state index in [0.717, 1.165) is 32.5 Å². The lowest BCUT2D eigenvalue weighted by Gasteiger charge is -2.19. The van der Waals surface area contributed by atoms with E-state index in [2.05, 4.69) is 5.32 Å². The van der Waals surface area contributed by atoms with Crippen molar-refractivity contribution in [2.45, 2.75) is 32.1 Å². The number of amides is 1. The number of hydrogen-bond acceptors (Lipinski definition) is 3. The average Bonchev–Trinajstić information content (AvgIpc) is 2.72. The van der Waals surface area contributed by atoms with E-state index < -0.39 is 0 Å². The van der Waals surface area contributed by atoms with Crippen LogP contribution in [0, 0.1) is 0 Å². The maximum Gasteiger partial charge on any atom is 0.266 e. The molecule has 2 aliphatic rings. The number of nitrogens with one attached hydrogen (secondary N) is 1. The smallest absolute Gasteiger partial charge is 0.266 e. The summed E-state index contributed by atoms with van der Waals surface area (Å²) in [5, 5.41) is 3.07. The summed E-state index contributed by atoms with van der Waals surface area (Å²) in [6.45, 7) is 4.55. The predicted molar refractivity (Wildman–Crippen MR) is 48.2 cm³/mol. The van der Waals surface area contributed by atoms with Gasteiger partial charge >= 0.3 is 0 Å². The van der Waals surface area contributed by atoms with Crippen LogP contribution in [0.25, 0.3) is 0 Å². The molecule has 74 valence electrons. The van der Waals surface area contributed by atoms with Crippen molar-refractivity contribution in [3.8, 4) is 0 Å². The first-order valence-electron chi connectivity index (χ1n) is 4.95. The van der Waals surface area contributed by atoms with Gasteiger partial charge in [-0.05, 0) is 19.8 Å². The van der Waals surface area contributed by atoms with Crippen LogP contribution in [0.1, 0.15) is 19.8 Å². The molecule has 0 radical (unpaired) electrons. The highest BCUT2D eigenvalue weighted by Gasteiger charge is 2.31. The lowest BCUT2D eigenvalue weighted by Crippen LogP contribution is -2.42. The lowest BCUT2D eigenvalue weighted by atomic mass is 10.4. The fourth-order valence-electron chi connectivity index (χ4n) is 1.85. The van der Waals surface area contributed by atoms with Gasteiger partial charge in [0.15, 0.2) is 6.23 Å². The number of likely N-dealkylation sites (tertiary alicyclic amines) is 1. The van der Waals surface area contributed by atoms with Gasteiger partial charge in [0, 0.05) is 19.6 Å². The first-order chi connectivity index (χ1) is 6.27. The van der Waals surface area contributed by atoms with Crippen LogP contribution in [0.5, 0.6) is 0 Å². The van der Waals surface area contributed by atoms with Crippen LogP contribution >= 0.6 is 0 Å².